The van der Waals surface area contributed by atoms with E-state index in [9.17, 15) is 18.0 Å². The first-order valence-corrected chi connectivity index (χ1v) is 15.3. The summed E-state index contributed by atoms with van der Waals surface area (Å²) in [7, 11) is -3.81. The zero-order valence-corrected chi connectivity index (χ0v) is 24.3. The van der Waals surface area contributed by atoms with Crippen molar-refractivity contribution in [1.29, 1.82) is 0 Å². The Bertz CT molecular complexity index is 1540. The summed E-state index contributed by atoms with van der Waals surface area (Å²) in [5.74, 6) is -0.233. The first kappa shape index (κ1) is 28.4. The van der Waals surface area contributed by atoms with Crippen LogP contribution in [0.1, 0.15) is 29.5 Å². The van der Waals surface area contributed by atoms with Crippen LogP contribution >= 0.6 is 23.2 Å². The highest BCUT2D eigenvalue weighted by Crippen LogP contribution is 2.34. The monoisotopic (exact) mass is 600 g/mol. The molecule has 210 valence electrons. The van der Waals surface area contributed by atoms with Crippen molar-refractivity contribution in [3.8, 4) is 0 Å². The summed E-state index contributed by atoms with van der Waals surface area (Å²) in [6.07, 6.45) is 1.48. The van der Waals surface area contributed by atoms with Crippen molar-refractivity contribution < 1.29 is 18.0 Å². The summed E-state index contributed by atoms with van der Waals surface area (Å²) in [6, 6.07) is 17.5. The molecule has 3 amide bonds. The number of carbonyl (C=O) groups excluding carboxylic acids is 2. The van der Waals surface area contributed by atoms with Crippen LogP contribution in [0.5, 0.6) is 0 Å². The van der Waals surface area contributed by atoms with Crippen LogP contribution in [0.15, 0.2) is 65.6 Å². The second-order valence-corrected chi connectivity index (χ2v) is 12.8. The summed E-state index contributed by atoms with van der Waals surface area (Å²) in [5, 5.41) is 5.99. The summed E-state index contributed by atoms with van der Waals surface area (Å²) < 4.78 is 27.7. The van der Waals surface area contributed by atoms with Crippen LogP contribution in [-0.4, -0.2) is 49.2 Å². The molecule has 0 saturated carbocycles. The Morgan fingerprint density at radius 2 is 1.60 bits per heavy atom. The number of benzene rings is 3. The molecule has 0 aromatic heterocycles. The van der Waals surface area contributed by atoms with Crippen LogP contribution in [0, 0.1) is 12.8 Å². The van der Waals surface area contributed by atoms with E-state index in [0.29, 0.717) is 38.0 Å². The lowest BCUT2D eigenvalue weighted by molar-refractivity contribution is -0.137. The Morgan fingerprint density at radius 1 is 0.900 bits per heavy atom. The van der Waals surface area contributed by atoms with Gasteiger partial charge in [-0.3, -0.25) is 4.79 Å². The summed E-state index contributed by atoms with van der Waals surface area (Å²) in [5.41, 5.74) is 4.56. The van der Waals surface area contributed by atoms with Gasteiger partial charge in [-0.05, 0) is 67.6 Å². The molecular weight excluding hydrogens is 571 g/mol. The third-order valence-corrected chi connectivity index (χ3v) is 10.3. The first-order valence-electron chi connectivity index (χ1n) is 13.1. The minimum absolute atomic E-state index is 0.0100. The normalized spacial score (nSPS) is 16.3. The number of nitrogens with one attached hydrogen (secondary N) is 2. The van der Waals surface area contributed by atoms with E-state index in [-0.39, 0.29) is 45.9 Å². The molecule has 40 heavy (non-hydrogen) atoms. The molecule has 1 fully saturated rings. The Labute approximate surface area is 244 Å². The summed E-state index contributed by atoms with van der Waals surface area (Å²) >= 11 is 12.2. The van der Waals surface area contributed by atoms with E-state index in [1.54, 1.807) is 12.1 Å². The van der Waals surface area contributed by atoms with E-state index in [1.165, 1.54) is 10.4 Å². The van der Waals surface area contributed by atoms with Gasteiger partial charge in [-0.15, -0.1) is 0 Å². The van der Waals surface area contributed by atoms with E-state index >= 15 is 0 Å². The Balaban J connectivity index is 1.19. The number of anilines is 2. The van der Waals surface area contributed by atoms with Gasteiger partial charge in [0, 0.05) is 43.5 Å². The van der Waals surface area contributed by atoms with Crippen LogP contribution in [0.2, 0.25) is 10.0 Å². The molecule has 0 atom stereocenters. The number of aryl methyl sites for hydroxylation is 1. The lowest BCUT2D eigenvalue weighted by Gasteiger charge is -2.36. The predicted molar refractivity (Wildman–Crippen MR) is 157 cm³/mol. The van der Waals surface area contributed by atoms with Crippen molar-refractivity contribution in [3.05, 3.63) is 87.4 Å². The minimum Gasteiger partial charge on any atom is -0.338 e. The maximum absolute atomic E-state index is 13.4. The van der Waals surface area contributed by atoms with E-state index < -0.39 is 10.0 Å². The molecule has 11 heteroatoms. The van der Waals surface area contributed by atoms with Gasteiger partial charge >= 0.3 is 6.03 Å². The first-order chi connectivity index (χ1) is 19.1. The number of nitrogens with zero attached hydrogens (tertiary/aromatic N) is 2. The smallest absolute Gasteiger partial charge is 0.323 e. The van der Waals surface area contributed by atoms with Gasteiger partial charge in [0.2, 0.25) is 15.9 Å². The van der Waals surface area contributed by atoms with Crippen molar-refractivity contribution in [2.24, 2.45) is 5.92 Å². The average molecular weight is 602 g/mol. The number of hydrogen-bond donors (Lipinski definition) is 2. The van der Waals surface area contributed by atoms with Crippen molar-refractivity contribution in [2.75, 3.05) is 30.3 Å². The molecule has 3 aromatic carbocycles. The highest BCUT2D eigenvalue weighted by Gasteiger charge is 2.36. The minimum atomic E-state index is -3.81. The fraction of sp³-hybridized carbons (Fsp3) is 0.310. The van der Waals surface area contributed by atoms with Crippen LogP contribution < -0.4 is 10.6 Å². The van der Waals surface area contributed by atoms with Gasteiger partial charge in [0.1, 0.15) is 4.90 Å². The van der Waals surface area contributed by atoms with Crippen LogP contribution in [0.4, 0.5) is 16.2 Å². The third-order valence-electron chi connectivity index (χ3n) is 7.47. The zero-order chi connectivity index (χ0) is 28.4. The molecule has 2 heterocycles. The molecule has 0 spiro atoms. The fourth-order valence-electron chi connectivity index (χ4n) is 5.26. The lowest BCUT2D eigenvalue weighted by atomic mass is 9.93. The Hall–Kier alpha value is -3.11. The number of carbonyl (C=O) groups is 2. The predicted octanol–water partition coefficient (Wildman–Crippen LogP) is 5.93. The van der Waals surface area contributed by atoms with E-state index in [2.05, 4.69) is 10.6 Å². The Kier molecular flexibility index (Phi) is 8.37. The molecule has 0 radical (unpaired) electrons. The van der Waals surface area contributed by atoms with Crippen molar-refractivity contribution >= 4 is 56.5 Å². The number of halogens is 2. The summed E-state index contributed by atoms with van der Waals surface area (Å²) in [4.78, 5) is 27.8. The van der Waals surface area contributed by atoms with Crippen molar-refractivity contribution in [3.63, 3.8) is 0 Å². The van der Waals surface area contributed by atoms with E-state index in [1.807, 2.05) is 54.3 Å². The van der Waals surface area contributed by atoms with Gasteiger partial charge < -0.3 is 15.5 Å². The van der Waals surface area contributed by atoms with E-state index in [4.69, 9.17) is 23.2 Å². The number of amides is 3. The molecule has 2 aliphatic rings. The van der Waals surface area contributed by atoms with Crippen molar-refractivity contribution in [1.82, 2.24) is 9.21 Å². The number of urea groups is 1. The van der Waals surface area contributed by atoms with E-state index in [0.717, 1.165) is 22.4 Å². The molecular formula is C29H30Cl2N4O4S. The van der Waals surface area contributed by atoms with Gasteiger partial charge in [0.25, 0.3) is 0 Å². The van der Waals surface area contributed by atoms with Gasteiger partial charge in [-0.2, -0.15) is 4.31 Å². The molecule has 1 saturated heterocycles. The zero-order valence-electron chi connectivity index (χ0n) is 22.0. The number of rotatable bonds is 5. The summed E-state index contributed by atoms with van der Waals surface area (Å²) in [6.45, 7) is 3.42. The number of fused-ring (bicyclic) bond motifs is 1. The quantitative estimate of drug-likeness (QED) is 0.379. The van der Waals surface area contributed by atoms with Gasteiger partial charge in [-0.1, -0.05) is 59.1 Å². The lowest BCUT2D eigenvalue weighted by Crippen LogP contribution is -2.45. The number of sulfonamides is 1. The highest BCUT2D eigenvalue weighted by atomic mass is 35.5. The van der Waals surface area contributed by atoms with Crippen molar-refractivity contribution in [2.45, 2.75) is 37.6 Å². The van der Waals surface area contributed by atoms with Gasteiger partial charge in [-0.25, -0.2) is 13.2 Å². The molecule has 0 aliphatic carbocycles. The maximum atomic E-state index is 13.4. The third kappa shape index (κ3) is 5.98. The second-order valence-electron chi connectivity index (χ2n) is 10.1. The highest BCUT2D eigenvalue weighted by molar-refractivity contribution is 7.89. The van der Waals surface area contributed by atoms with Crippen LogP contribution in [0.25, 0.3) is 0 Å². The second kappa shape index (κ2) is 11.8. The molecule has 0 bridgehead atoms. The average Bonchev–Trinajstić information content (AvgIpc) is 2.95. The molecule has 2 N–H and O–H groups in total. The number of piperidine rings is 1. The Morgan fingerprint density at radius 3 is 2.33 bits per heavy atom. The molecule has 3 aromatic rings. The molecule has 8 nitrogen and oxygen atoms in total. The van der Waals surface area contributed by atoms with Gasteiger partial charge in [0.15, 0.2) is 0 Å². The SMILES string of the molecule is Cc1ccc(NC(=O)Nc2cccc3c2CCN(C(=O)C2CCN(S(=O)(=O)c4cccc(Cl)c4Cl)CC2)C3)cc1. The molecule has 2 aliphatic heterocycles. The molecule has 5 rings (SSSR count). The fourth-order valence-corrected chi connectivity index (χ4v) is 7.47. The van der Waals surface area contributed by atoms with Crippen LogP contribution in [0.3, 0.4) is 0 Å². The molecule has 0 unspecified atom stereocenters. The maximum Gasteiger partial charge on any atom is 0.323 e. The topological polar surface area (TPSA) is 98.8 Å². The van der Waals surface area contributed by atoms with Gasteiger partial charge in [0.05, 0.1) is 10.0 Å². The largest absolute Gasteiger partial charge is 0.338 e. The van der Waals surface area contributed by atoms with Crippen LogP contribution in [-0.2, 0) is 27.8 Å². The standard InChI is InChI=1S/C29H30Cl2N4O4S/c1-19-8-10-22(11-9-19)32-29(37)33-25-6-2-4-21-18-34(15-14-23(21)25)28(36)20-12-16-35(17-13-20)40(38,39)26-7-3-5-24(30)27(26)31/h2-11,20H,12-18H2,1H3,(H2,32,33,37). The number of hydrogen-bond acceptors (Lipinski definition) is 4.